The number of carbonyl (C=O) groups is 3. The van der Waals surface area contributed by atoms with E-state index >= 15 is 0 Å². The van der Waals surface area contributed by atoms with Gasteiger partial charge in [-0.25, -0.2) is 4.79 Å². The lowest BCUT2D eigenvalue weighted by Gasteiger charge is -2.39. The van der Waals surface area contributed by atoms with Crippen LogP contribution in [0.4, 0.5) is 4.79 Å². The molecule has 0 radical (unpaired) electrons. The van der Waals surface area contributed by atoms with Gasteiger partial charge in [-0.2, -0.15) is 0 Å². The van der Waals surface area contributed by atoms with Gasteiger partial charge in [0.25, 0.3) is 0 Å². The highest BCUT2D eigenvalue weighted by atomic mass is 16.6. The molecular formula is C18H24N4O6. The lowest BCUT2D eigenvalue weighted by Crippen LogP contribution is -2.55. The van der Waals surface area contributed by atoms with E-state index in [0.29, 0.717) is 30.8 Å². The number of piperazine rings is 1. The van der Waals surface area contributed by atoms with Gasteiger partial charge in [-0.15, -0.1) is 0 Å². The van der Waals surface area contributed by atoms with E-state index in [2.05, 4.69) is 10.6 Å². The minimum Gasteiger partial charge on any atom is -0.449 e. The van der Waals surface area contributed by atoms with Gasteiger partial charge in [0.1, 0.15) is 6.61 Å². The third-order valence-electron chi connectivity index (χ3n) is 6.06. The van der Waals surface area contributed by atoms with Gasteiger partial charge in [0.05, 0.1) is 23.4 Å². The highest BCUT2D eigenvalue weighted by Crippen LogP contribution is 2.55. The highest BCUT2D eigenvalue weighted by Gasteiger charge is 2.72. The number of fused-ring (bicyclic) bond motifs is 4. The molecule has 3 heterocycles. The molecule has 4 aliphatic rings. The number of ketones is 2. The number of rotatable bonds is 7. The molecule has 0 spiro atoms. The van der Waals surface area contributed by atoms with E-state index in [9.17, 15) is 14.4 Å². The SMILES string of the molecule is CO[C@@]12C(COC(N)=O)C3=C(C(=O)C(C)=C(NCCCO)C3=O)N1CC1NC12. The average molecular weight is 392 g/mol. The van der Waals surface area contributed by atoms with Gasteiger partial charge in [0.2, 0.25) is 11.6 Å². The maximum absolute atomic E-state index is 13.4. The van der Waals surface area contributed by atoms with Crippen molar-refractivity contribution in [3.05, 3.63) is 22.5 Å². The number of ether oxygens (including phenoxy) is 2. The second-order valence-corrected chi connectivity index (χ2v) is 7.42. The zero-order valence-corrected chi connectivity index (χ0v) is 15.8. The topological polar surface area (TPSA) is 153 Å². The number of aliphatic hydroxyl groups is 1. The average Bonchev–Trinajstić information content (AvgIpc) is 3.27. The minimum absolute atomic E-state index is 0.0280. The Balaban J connectivity index is 1.74. The quantitative estimate of drug-likeness (QED) is 0.227. The zero-order valence-electron chi connectivity index (χ0n) is 15.8. The van der Waals surface area contributed by atoms with Crippen molar-refractivity contribution in [1.82, 2.24) is 15.5 Å². The Bertz CT molecular complexity index is 821. The fourth-order valence-corrected chi connectivity index (χ4v) is 4.80. The van der Waals surface area contributed by atoms with E-state index < -0.39 is 17.7 Å². The molecule has 2 fully saturated rings. The molecule has 0 aromatic carbocycles. The number of amides is 1. The predicted molar refractivity (Wildman–Crippen MR) is 95.6 cm³/mol. The molecule has 152 valence electrons. The van der Waals surface area contributed by atoms with E-state index in [1.807, 2.05) is 4.90 Å². The van der Waals surface area contributed by atoms with Gasteiger partial charge in [-0.1, -0.05) is 0 Å². The zero-order chi connectivity index (χ0) is 20.2. The van der Waals surface area contributed by atoms with Gasteiger partial charge in [0, 0.05) is 44.0 Å². The molecule has 4 rings (SSSR count). The Morgan fingerprint density at radius 3 is 2.82 bits per heavy atom. The highest BCUT2D eigenvalue weighted by molar-refractivity contribution is 6.25. The maximum Gasteiger partial charge on any atom is 0.404 e. The standard InChI is InChI=1S/C18H24N4O6/c1-8-12(20-4-3-5-23)15(25)11-9(7-28-17(19)26)18(27-2)16-10(21-16)6-22(18)13(11)14(8)24/h9-10,16,20-21,23H,3-7H2,1-2H3,(H2,19,26)/t9?,10?,16?,18-/m1/s1. The predicted octanol–water partition coefficient (Wildman–Crippen LogP) is -1.64. The van der Waals surface area contributed by atoms with Crippen molar-refractivity contribution in [2.75, 3.05) is 33.4 Å². The van der Waals surface area contributed by atoms with Crippen LogP contribution in [0, 0.1) is 5.92 Å². The van der Waals surface area contributed by atoms with E-state index in [0.717, 1.165) is 0 Å². The summed E-state index contributed by atoms with van der Waals surface area (Å²) in [6.45, 7) is 2.32. The van der Waals surface area contributed by atoms with Crippen molar-refractivity contribution >= 4 is 17.7 Å². The Hall–Kier alpha value is -2.43. The number of methoxy groups -OCH3 is 1. The Labute approximate surface area is 161 Å². The number of hydrogen-bond donors (Lipinski definition) is 4. The van der Waals surface area contributed by atoms with Gasteiger partial charge in [-0.05, 0) is 13.3 Å². The molecule has 1 amide bonds. The fourth-order valence-electron chi connectivity index (χ4n) is 4.80. The van der Waals surface area contributed by atoms with E-state index in [-0.39, 0.29) is 48.1 Å². The van der Waals surface area contributed by atoms with Crippen molar-refractivity contribution in [3.8, 4) is 0 Å². The number of primary amides is 1. The number of Topliss-reactive ketones (excluding diaryl/α,β-unsaturated/α-hetero) is 2. The van der Waals surface area contributed by atoms with Crippen LogP contribution in [-0.2, 0) is 19.1 Å². The van der Waals surface area contributed by atoms with Gasteiger partial charge >= 0.3 is 6.09 Å². The normalized spacial score (nSPS) is 33.1. The molecule has 10 nitrogen and oxygen atoms in total. The molecule has 2 saturated heterocycles. The van der Waals surface area contributed by atoms with Crippen molar-refractivity contribution in [1.29, 1.82) is 0 Å². The lowest BCUT2D eigenvalue weighted by molar-refractivity contribution is -0.137. The summed E-state index contributed by atoms with van der Waals surface area (Å²) in [5.41, 5.74) is 5.34. The number of nitrogens with one attached hydrogen (secondary N) is 2. The van der Waals surface area contributed by atoms with Crippen molar-refractivity contribution in [3.63, 3.8) is 0 Å². The molecule has 1 aliphatic carbocycles. The number of nitrogens with two attached hydrogens (primary N) is 1. The summed E-state index contributed by atoms with van der Waals surface area (Å²) in [5, 5.41) is 15.3. The van der Waals surface area contributed by atoms with Gasteiger partial charge in [0.15, 0.2) is 5.72 Å². The van der Waals surface area contributed by atoms with Crippen LogP contribution in [0.3, 0.4) is 0 Å². The first kappa shape index (κ1) is 18.9. The maximum atomic E-state index is 13.4. The summed E-state index contributed by atoms with van der Waals surface area (Å²) in [4.78, 5) is 39.6. The van der Waals surface area contributed by atoms with Crippen LogP contribution < -0.4 is 16.4 Å². The summed E-state index contributed by atoms with van der Waals surface area (Å²) in [5.74, 6) is -1.21. The molecule has 4 atom stereocenters. The third kappa shape index (κ3) is 2.41. The fraction of sp³-hybridized carbons (Fsp3) is 0.611. The third-order valence-corrected chi connectivity index (χ3v) is 6.06. The van der Waals surface area contributed by atoms with Crippen LogP contribution in [0.2, 0.25) is 0 Å². The number of nitrogens with zero attached hydrogens (tertiary/aromatic N) is 1. The second-order valence-electron chi connectivity index (χ2n) is 7.42. The number of aliphatic hydroxyl groups excluding tert-OH is 1. The van der Waals surface area contributed by atoms with Crippen LogP contribution in [0.25, 0.3) is 0 Å². The molecule has 0 aromatic heterocycles. The molecular weight excluding hydrogens is 368 g/mol. The molecule has 0 aromatic rings. The van der Waals surface area contributed by atoms with E-state index in [4.69, 9.17) is 20.3 Å². The van der Waals surface area contributed by atoms with Crippen molar-refractivity contribution in [2.24, 2.45) is 11.7 Å². The van der Waals surface area contributed by atoms with Crippen LogP contribution in [0.5, 0.6) is 0 Å². The molecule has 0 bridgehead atoms. The van der Waals surface area contributed by atoms with Crippen molar-refractivity contribution in [2.45, 2.75) is 31.2 Å². The molecule has 10 heteroatoms. The first-order valence-corrected chi connectivity index (χ1v) is 9.28. The molecule has 28 heavy (non-hydrogen) atoms. The lowest BCUT2D eigenvalue weighted by atomic mass is 9.82. The Kier molecular flexibility index (Phi) is 4.44. The van der Waals surface area contributed by atoms with Crippen LogP contribution in [-0.4, -0.2) is 78.9 Å². The Morgan fingerprint density at radius 1 is 1.43 bits per heavy atom. The summed E-state index contributed by atoms with van der Waals surface area (Å²) < 4.78 is 11.0. The van der Waals surface area contributed by atoms with Crippen LogP contribution >= 0.6 is 0 Å². The molecule has 0 saturated carbocycles. The number of allylic oxidation sites excluding steroid dienone is 2. The molecule has 3 unspecified atom stereocenters. The largest absolute Gasteiger partial charge is 0.449 e. The van der Waals surface area contributed by atoms with Gasteiger partial charge < -0.3 is 35.8 Å². The van der Waals surface area contributed by atoms with Crippen LogP contribution in [0.1, 0.15) is 13.3 Å². The monoisotopic (exact) mass is 392 g/mol. The minimum atomic E-state index is -0.975. The number of carbonyl (C=O) groups excluding carboxylic acids is 3. The second kappa shape index (κ2) is 6.57. The summed E-state index contributed by atoms with van der Waals surface area (Å²) in [6.07, 6.45) is -0.507. The summed E-state index contributed by atoms with van der Waals surface area (Å²) in [7, 11) is 1.53. The molecule has 5 N–H and O–H groups in total. The number of hydrogen-bond acceptors (Lipinski definition) is 9. The smallest absolute Gasteiger partial charge is 0.404 e. The van der Waals surface area contributed by atoms with Crippen LogP contribution in [0.15, 0.2) is 22.5 Å². The first-order chi connectivity index (χ1) is 13.4. The first-order valence-electron chi connectivity index (χ1n) is 9.28. The van der Waals surface area contributed by atoms with E-state index in [1.165, 1.54) is 7.11 Å². The van der Waals surface area contributed by atoms with Gasteiger partial charge in [-0.3, -0.25) is 9.59 Å². The summed E-state index contributed by atoms with van der Waals surface area (Å²) in [6, 6.07) is 0.0811. The van der Waals surface area contributed by atoms with Crippen molar-refractivity contribution < 1.29 is 29.0 Å². The summed E-state index contributed by atoms with van der Waals surface area (Å²) >= 11 is 0. The van der Waals surface area contributed by atoms with E-state index in [1.54, 1.807) is 6.92 Å². The molecule has 3 aliphatic heterocycles. The Morgan fingerprint density at radius 2 is 2.18 bits per heavy atom.